The summed E-state index contributed by atoms with van der Waals surface area (Å²) in [6.45, 7) is 2.03. The molecule has 0 aliphatic heterocycles. The molecule has 0 aliphatic carbocycles. The van der Waals surface area contributed by atoms with Crippen molar-refractivity contribution < 1.29 is 9.18 Å². The molecule has 6 heteroatoms. The number of nitrogens with zero attached hydrogens (tertiary/aromatic N) is 1. The molecule has 4 N–H and O–H groups in total. The van der Waals surface area contributed by atoms with Gasteiger partial charge in [-0.25, -0.2) is 4.39 Å². The van der Waals surface area contributed by atoms with Gasteiger partial charge in [-0.1, -0.05) is 12.1 Å². The summed E-state index contributed by atoms with van der Waals surface area (Å²) in [5, 5.41) is 9.12. The van der Waals surface area contributed by atoms with Crippen molar-refractivity contribution in [2.24, 2.45) is 0 Å². The summed E-state index contributed by atoms with van der Waals surface area (Å²) in [6, 6.07) is 5.90. The van der Waals surface area contributed by atoms with E-state index in [1.807, 2.05) is 0 Å². The van der Waals surface area contributed by atoms with Gasteiger partial charge in [0.15, 0.2) is 5.69 Å². The molecule has 1 heterocycles. The van der Waals surface area contributed by atoms with E-state index in [1.54, 1.807) is 19.1 Å². The first-order valence-corrected chi connectivity index (χ1v) is 5.41. The molecule has 2 aromatic rings. The average molecular weight is 248 g/mol. The van der Waals surface area contributed by atoms with Crippen LogP contribution in [0.15, 0.2) is 24.3 Å². The van der Waals surface area contributed by atoms with Crippen molar-refractivity contribution in [3.8, 4) is 0 Å². The Labute approximate surface area is 103 Å². The van der Waals surface area contributed by atoms with Crippen LogP contribution in [0, 0.1) is 12.7 Å². The molecule has 0 atom stereocenters. The lowest BCUT2D eigenvalue weighted by atomic mass is 10.2. The number of carbonyl (C=O) groups is 1. The fourth-order valence-corrected chi connectivity index (χ4v) is 1.48. The van der Waals surface area contributed by atoms with Crippen LogP contribution in [0.2, 0.25) is 0 Å². The summed E-state index contributed by atoms with van der Waals surface area (Å²) in [4.78, 5) is 11.8. The number of nitrogens with one attached hydrogen (secondary N) is 2. The maximum Gasteiger partial charge on any atom is 0.274 e. The lowest BCUT2D eigenvalue weighted by Gasteiger charge is -2.04. The summed E-state index contributed by atoms with van der Waals surface area (Å²) in [5.74, 6) is -0.668. The van der Waals surface area contributed by atoms with Gasteiger partial charge in [0.1, 0.15) is 5.82 Å². The van der Waals surface area contributed by atoms with E-state index in [0.29, 0.717) is 17.9 Å². The van der Waals surface area contributed by atoms with Gasteiger partial charge in [0.2, 0.25) is 0 Å². The molecule has 1 aromatic carbocycles. The van der Waals surface area contributed by atoms with Crippen molar-refractivity contribution in [2.45, 2.75) is 13.5 Å². The van der Waals surface area contributed by atoms with Crippen LogP contribution in [-0.4, -0.2) is 16.1 Å². The van der Waals surface area contributed by atoms with Crippen LogP contribution in [0.1, 0.15) is 21.7 Å². The zero-order chi connectivity index (χ0) is 13.1. The molecule has 0 saturated carbocycles. The number of hydrogen-bond acceptors (Lipinski definition) is 3. The molecule has 0 spiro atoms. The summed E-state index contributed by atoms with van der Waals surface area (Å²) in [6.07, 6.45) is 0. The Balaban J connectivity index is 2.00. The molecule has 2 rings (SSSR count). The number of anilines is 1. The molecule has 1 aromatic heterocycles. The van der Waals surface area contributed by atoms with Crippen LogP contribution < -0.4 is 11.1 Å². The third-order valence-electron chi connectivity index (χ3n) is 2.58. The summed E-state index contributed by atoms with van der Waals surface area (Å²) in [5.41, 5.74) is 7.66. The highest BCUT2D eigenvalue weighted by Crippen LogP contribution is 2.12. The SMILES string of the molecule is Cc1[nH]nc(C(=O)NCc2ccc(F)cc2)c1N. The molecule has 0 fully saturated rings. The molecule has 0 saturated heterocycles. The maximum absolute atomic E-state index is 12.7. The monoisotopic (exact) mass is 248 g/mol. The van der Waals surface area contributed by atoms with E-state index >= 15 is 0 Å². The summed E-state index contributed by atoms with van der Waals surface area (Å²) >= 11 is 0. The first-order valence-electron chi connectivity index (χ1n) is 5.41. The predicted octanol–water partition coefficient (Wildman–Crippen LogP) is 1.37. The Morgan fingerprint density at radius 2 is 2.11 bits per heavy atom. The van der Waals surface area contributed by atoms with Crippen molar-refractivity contribution in [2.75, 3.05) is 5.73 Å². The topological polar surface area (TPSA) is 83.8 Å². The van der Waals surface area contributed by atoms with E-state index in [1.165, 1.54) is 12.1 Å². The van der Waals surface area contributed by atoms with Crippen LogP contribution in [-0.2, 0) is 6.54 Å². The fraction of sp³-hybridized carbons (Fsp3) is 0.167. The minimum atomic E-state index is -0.360. The molecule has 0 bridgehead atoms. The number of nitrogens with two attached hydrogens (primary N) is 1. The lowest BCUT2D eigenvalue weighted by molar-refractivity contribution is 0.0947. The van der Waals surface area contributed by atoms with E-state index in [9.17, 15) is 9.18 Å². The van der Waals surface area contributed by atoms with Gasteiger partial charge in [0.25, 0.3) is 5.91 Å². The highest BCUT2D eigenvalue weighted by atomic mass is 19.1. The minimum absolute atomic E-state index is 0.176. The zero-order valence-corrected chi connectivity index (χ0v) is 9.83. The number of aryl methyl sites for hydroxylation is 1. The maximum atomic E-state index is 12.7. The number of carbonyl (C=O) groups excluding carboxylic acids is 1. The van der Waals surface area contributed by atoms with Crippen LogP contribution in [0.5, 0.6) is 0 Å². The Morgan fingerprint density at radius 1 is 1.44 bits per heavy atom. The standard InChI is InChI=1S/C12H13FN4O/c1-7-10(14)11(17-16-7)12(18)15-6-8-2-4-9(13)5-3-8/h2-5H,6,14H2,1H3,(H,15,18)(H,16,17). The summed E-state index contributed by atoms with van der Waals surface area (Å²) in [7, 11) is 0. The third kappa shape index (κ3) is 2.48. The third-order valence-corrected chi connectivity index (χ3v) is 2.58. The molecule has 0 radical (unpaired) electrons. The van der Waals surface area contributed by atoms with Crippen LogP contribution in [0.25, 0.3) is 0 Å². The number of H-pyrrole nitrogens is 1. The second-order valence-electron chi connectivity index (χ2n) is 3.92. The van der Waals surface area contributed by atoms with E-state index in [0.717, 1.165) is 5.56 Å². The van der Waals surface area contributed by atoms with Crippen LogP contribution in [0.4, 0.5) is 10.1 Å². The quantitative estimate of drug-likeness (QED) is 0.767. The molecule has 0 unspecified atom stereocenters. The number of hydrogen-bond donors (Lipinski definition) is 3. The number of nitrogen functional groups attached to an aromatic ring is 1. The molecular weight excluding hydrogens is 235 g/mol. The molecule has 1 amide bonds. The zero-order valence-electron chi connectivity index (χ0n) is 9.83. The van der Waals surface area contributed by atoms with Gasteiger partial charge in [-0.2, -0.15) is 5.10 Å². The van der Waals surface area contributed by atoms with Gasteiger partial charge in [-0.3, -0.25) is 9.89 Å². The van der Waals surface area contributed by atoms with Crippen molar-refractivity contribution in [3.05, 3.63) is 47.0 Å². The van der Waals surface area contributed by atoms with Crippen molar-refractivity contribution in [3.63, 3.8) is 0 Å². The second kappa shape index (κ2) is 4.87. The van der Waals surface area contributed by atoms with E-state index < -0.39 is 0 Å². The number of halogens is 1. The Hall–Kier alpha value is -2.37. The first-order chi connectivity index (χ1) is 8.58. The Bertz CT molecular complexity index is 562. The molecule has 94 valence electrons. The highest BCUT2D eigenvalue weighted by molar-refractivity contribution is 5.97. The molecular formula is C12H13FN4O. The number of amides is 1. The van der Waals surface area contributed by atoms with Gasteiger partial charge in [-0.05, 0) is 24.6 Å². The smallest absolute Gasteiger partial charge is 0.274 e. The number of benzene rings is 1. The molecule has 18 heavy (non-hydrogen) atoms. The normalized spacial score (nSPS) is 10.3. The number of aromatic amines is 1. The number of aromatic nitrogens is 2. The first kappa shape index (κ1) is 12.1. The lowest BCUT2D eigenvalue weighted by Crippen LogP contribution is -2.24. The Morgan fingerprint density at radius 3 is 2.67 bits per heavy atom. The van der Waals surface area contributed by atoms with Crippen molar-refractivity contribution >= 4 is 11.6 Å². The van der Waals surface area contributed by atoms with E-state index in [-0.39, 0.29) is 17.4 Å². The van der Waals surface area contributed by atoms with Crippen molar-refractivity contribution in [1.29, 1.82) is 0 Å². The van der Waals surface area contributed by atoms with Crippen LogP contribution in [0.3, 0.4) is 0 Å². The minimum Gasteiger partial charge on any atom is -0.395 e. The second-order valence-corrected chi connectivity index (χ2v) is 3.92. The largest absolute Gasteiger partial charge is 0.395 e. The highest BCUT2D eigenvalue weighted by Gasteiger charge is 2.14. The number of rotatable bonds is 3. The predicted molar refractivity (Wildman–Crippen MR) is 65.3 cm³/mol. The Kier molecular flexibility index (Phi) is 3.27. The van der Waals surface area contributed by atoms with Gasteiger partial charge in [0.05, 0.1) is 11.4 Å². The van der Waals surface area contributed by atoms with Crippen molar-refractivity contribution in [1.82, 2.24) is 15.5 Å². The molecule has 5 nitrogen and oxygen atoms in total. The average Bonchev–Trinajstić information content (AvgIpc) is 2.69. The van der Waals surface area contributed by atoms with E-state index in [4.69, 9.17) is 5.73 Å². The van der Waals surface area contributed by atoms with Gasteiger partial charge < -0.3 is 11.1 Å². The van der Waals surface area contributed by atoms with Gasteiger partial charge in [-0.15, -0.1) is 0 Å². The summed E-state index contributed by atoms with van der Waals surface area (Å²) < 4.78 is 12.7. The molecule has 0 aliphatic rings. The van der Waals surface area contributed by atoms with Gasteiger partial charge >= 0.3 is 0 Å². The van der Waals surface area contributed by atoms with Gasteiger partial charge in [0, 0.05) is 6.54 Å². The van der Waals surface area contributed by atoms with Crippen LogP contribution >= 0.6 is 0 Å². The van der Waals surface area contributed by atoms with E-state index in [2.05, 4.69) is 15.5 Å². The fourth-order valence-electron chi connectivity index (χ4n) is 1.48.